The van der Waals surface area contributed by atoms with Gasteiger partial charge in [-0.3, -0.25) is 0 Å². The van der Waals surface area contributed by atoms with Crippen LogP contribution in [0, 0.1) is 0 Å². The fourth-order valence-electron chi connectivity index (χ4n) is 2.27. The van der Waals surface area contributed by atoms with Gasteiger partial charge in [-0.05, 0) is 42.0 Å². The first-order valence-corrected chi connectivity index (χ1v) is 9.70. The Balaban J connectivity index is 1.59. The van der Waals surface area contributed by atoms with Crippen LogP contribution in [0.4, 0.5) is 0 Å². The molecule has 1 heterocycles. The Bertz CT molecular complexity index is 964. The molecule has 0 amide bonds. The maximum Gasteiger partial charge on any atom is 0.231 e. The maximum atomic E-state index is 11.5. The second-order valence-electron chi connectivity index (χ2n) is 5.66. The topological polar surface area (TPSA) is 91.5 Å². The van der Waals surface area contributed by atoms with E-state index in [2.05, 4.69) is 10.1 Å². The van der Waals surface area contributed by atoms with Crippen LogP contribution in [0.25, 0.3) is 0 Å². The lowest BCUT2D eigenvalue weighted by atomic mass is 10.1. The summed E-state index contributed by atoms with van der Waals surface area (Å²) in [6.07, 6.45) is 1.59. The first-order chi connectivity index (χ1) is 12.4. The molecule has 8 heteroatoms. The largest absolute Gasteiger partial charge is 0.497 e. The van der Waals surface area contributed by atoms with Gasteiger partial charge >= 0.3 is 0 Å². The molecule has 0 saturated heterocycles. The molecule has 0 radical (unpaired) electrons. The number of aromatic nitrogens is 2. The highest BCUT2D eigenvalue weighted by Gasteiger charge is 2.10. The van der Waals surface area contributed by atoms with Gasteiger partial charge in [0, 0.05) is 6.26 Å². The van der Waals surface area contributed by atoms with Crippen molar-refractivity contribution in [1.29, 1.82) is 0 Å². The molecule has 3 rings (SSSR count). The van der Waals surface area contributed by atoms with Crippen LogP contribution in [0.1, 0.15) is 17.3 Å². The third-order valence-corrected chi connectivity index (χ3v) is 4.77. The molecular formula is C18H18N2O5S. The SMILES string of the molecule is COc1ccc(OCc2noc(Cc3ccc(S(C)(=O)=O)cc3)n2)cc1. The minimum atomic E-state index is -3.20. The molecule has 26 heavy (non-hydrogen) atoms. The first-order valence-electron chi connectivity index (χ1n) is 7.81. The van der Waals surface area contributed by atoms with Crippen LogP contribution in [-0.2, 0) is 22.9 Å². The lowest BCUT2D eigenvalue weighted by Gasteiger charge is -2.04. The number of rotatable bonds is 7. The van der Waals surface area contributed by atoms with E-state index in [1.807, 2.05) is 0 Å². The van der Waals surface area contributed by atoms with Crippen LogP contribution in [0.15, 0.2) is 57.9 Å². The van der Waals surface area contributed by atoms with Gasteiger partial charge in [0.25, 0.3) is 0 Å². The molecule has 0 spiro atoms. The van der Waals surface area contributed by atoms with E-state index < -0.39 is 9.84 Å². The number of sulfone groups is 1. The van der Waals surface area contributed by atoms with Gasteiger partial charge < -0.3 is 14.0 Å². The molecule has 136 valence electrons. The number of benzene rings is 2. The zero-order chi connectivity index (χ0) is 18.6. The number of nitrogens with zero attached hydrogens (tertiary/aromatic N) is 2. The van der Waals surface area contributed by atoms with Crippen molar-refractivity contribution >= 4 is 9.84 Å². The Hall–Kier alpha value is -2.87. The van der Waals surface area contributed by atoms with Gasteiger partial charge in [0.05, 0.1) is 18.4 Å². The summed E-state index contributed by atoms with van der Waals surface area (Å²) in [4.78, 5) is 4.56. The minimum Gasteiger partial charge on any atom is -0.497 e. The summed E-state index contributed by atoms with van der Waals surface area (Å²) >= 11 is 0. The summed E-state index contributed by atoms with van der Waals surface area (Å²) in [5, 5.41) is 3.89. The van der Waals surface area contributed by atoms with E-state index in [0.29, 0.717) is 23.9 Å². The molecule has 7 nitrogen and oxygen atoms in total. The average Bonchev–Trinajstić information content (AvgIpc) is 3.07. The Morgan fingerprint density at radius 2 is 1.65 bits per heavy atom. The number of hydrogen-bond acceptors (Lipinski definition) is 7. The summed E-state index contributed by atoms with van der Waals surface area (Å²) in [7, 11) is -1.60. The monoisotopic (exact) mass is 374 g/mol. The highest BCUT2D eigenvalue weighted by atomic mass is 32.2. The zero-order valence-electron chi connectivity index (χ0n) is 14.4. The Kier molecular flexibility index (Phi) is 5.22. The minimum absolute atomic E-state index is 0.183. The highest BCUT2D eigenvalue weighted by Crippen LogP contribution is 2.18. The third kappa shape index (κ3) is 4.60. The second-order valence-corrected chi connectivity index (χ2v) is 7.68. The quantitative estimate of drug-likeness (QED) is 0.628. The Morgan fingerprint density at radius 1 is 1.00 bits per heavy atom. The summed E-state index contributed by atoms with van der Waals surface area (Å²) in [5.74, 6) is 2.30. The van der Waals surface area contributed by atoms with E-state index in [4.69, 9.17) is 14.0 Å². The summed E-state index contributed by atoms with van der Waals surface area (Å²) in [5.41, 5.74) is 0.878. The molecular weight excluding hydrogens is 356 g/mol. The van der Waals surface area contributed by atoms with Crippen LogP contribution < -0.4 is 9.47 Å². The van der Waals surface area contributed by atoms with Gasteiger partial charge in [0.2, 0.25) is 11.7 Å². The molecule has 0 unspecified atom stereocenters. The second kappa shape index (κ2) is 7.57. The molecule has 0 fully saturated rings. The molecule has 0 aliphatic carbocycles. The van der Waals surface area contributed by atoms with Gasteiger partial charge in [-0.15, -0.1) is 0 Å². The highest BCUT2D eigenvalue weighted by molar-refractivity contribution is 7.90. The fourth-order valence-corrected chi connectivity index (χ4v) is 2.90. The first kappa shape index (κ1) is 17.9. The van der Waals surface area contributed by atoms with Crippen LogP contribution in [-0.4, -0.2) is 31.9 Å². The molecule has 0 saturated carbocycles. The summed E-state index contributed by atoms with van der Waals surface area (Å²) in [6, 6.07) is 13.8. The average molecular weight is 374 g/mol. The standard InChI is InChI=1S/C18H18N2O5S/c1-23-14-5-7-15(8-6-14)24-12-17-19-18(25-20-17)11-13-3-9-16(10-4-13)26(2,21)22/h3-10H,11-12H2,1-2H3. The summed E-state index contributed by atoms with van der Waals surface area (Å²) < 4.78 is 38.8. The van der Waals surface area contributed by atoms with Crippen LogP contribution in [0.5, 0.6) is 11.5 Å². The van der Waals surface area contributed by atoms with Crippen LogP contribution in [0.3, 0.4) is 0 Å². The van der Waals surface area contributed by atoms with Crippen molar-refractivity contribution in [3.63, 3.8) is 0 Å². The number of hydrogen-bond donors (Lipinski definition) is 0. The van der Waals surface area contributed by atoms with Crippen LogP contribution in [0.2, 0.25) is 0 Å². The van der Waals surface area contributed by atoms with E-state index in [-0.39, 0.29) is 11.5 Å². The number of ether oxygens (including phenoxy) is 2. The molecule has 1 aromatic heterocycles. The lowest BCUT2D eigenvalue weighted by Crippen LogP contribution is -1.99. The van der Waals surface area contributed by atoms with E-state index in [1.54, 1.807) is 55.6 Å². The van der Waals surface area contributed by atoms with Gasteiger partial charge in [-0.1, -0.05) is 17.3 Å². The smallest absolute Gasteiger partial charge is 0.231 e. The maximum absolute atomic E-state index is 11.5. The van der Waals surface area contributed by atoms with Gasteiger partial charge in [0.1, 0.15) is 11.5 Å². The molecule has 0 aliphatic heterocycles. The Labute approximate surface area is 151 Å². The fraction of sp³-hybridized carbons (Fsp3) is 0.222. The Morgan fingerprint density at radius 3 is 2.27 bits per heavy atom. The summed E-state index contributed by atoms with van der Waals surface area (Å²) in [6.45, 7) is 0.183. The van der Waals surface area contributed by atoms with Crippen molar-refractivity contribution in [2.75, 3.05) is 13.4 Å². The van der Waals surface area contributed by atoms with Crippen molar-refractivity contribution in [3.8, 4) is 11.5 Å². The van der Waals surface area contributed by atoms with Crippen molar-refractivity contribution in [2.24, 2.45) is 0 Å². The predicted octanol–water partition coefficient (Wildman–Crippen LogP) is 2.65. The van der Waals surface area contributed by atoms with Crippen molar-refractivity contribution in [3.05, 3.63) is 65.8 Å². The van der Waals surface area contributed by atoms with E-state index >= 15 is 0 Å². The zero-order valence-corrected chi connectivity index (χ0v) is 15.2. The molecule has 0 N–H and O–H groups in total. The molecule has 0 atom stereocenters. The van der Waals surface area contributed by atoms with E-state index in [9.17, 15) is 8.42 Å². The van der Waals surface area contributed by atoms with Crippen LogP contribution >= 0.6 is 0 Å². The van der Waals surface area contributed by atoms with E-state index in [0.717, 1.165) is 11.3 Å². The normalized spacial score (nSPS) is 11.3. The molecule has 0 aliphatic rings. The van der Waals surface area contributed by atoms with Crippen molar-refractivity contribution in [1.82, 2.24) is 10.1 Å². The van der Waals surface area contributed by atoms with Gasteiger partial charge in [0.15, 0.2) is 16.4 Å². The van der Waals surface area contributed by atoms with Gasteiger partial charge in [-0.25, -0.2) is 8.42 Å². The van der Waals surface area contributed by atoms with Crippen molar-refractivity contribution < 1.29 is 22.4 Å². The third-order valence-electron chi connectivity index (χ3n) is 3.64. The molecule has 2 aromatic carbocycles. The van der Waals surface area contributed by atoms with E-state index in [1.165, 1.54) is 6.26 Å². The molecule has 0 bridgehead atoms. The lowest BCUT2D eigenvalue weighted by molar-refractivity contribution is 0.285. The van der Waals surface area contributed by atoms with Crippen molar-refractivity contribution in [2.45, 2.75) is 17.9 Å². The molecule has 3 aromatic rings. The number of methoxy groups -OCH3 is 1. The predicted molar refractivity (Wildman–Crippen MR) is 94.0 cm³/mol. The van der Waals surface area contributed by atoms with Gasteiger partial charge in [-0.2, -0.15) is 4.98 Å².